The van der Waals surface area contributed by atoms with Gasteiger partial charge in [-0.15, -0.1) is 94.5 Å². The molecule has 0 spiro atoms. The van der Waals surface area contributed by atoms with Crippen LogP contribution in [-0.4, -0.2) is 15.0 Å². The van der Waals surface area contributed by atoms with Crippen molar-refractivity contribution in [1.29, 1.82) is 0 Å². The average molecular weight is 1050 g/mol. The number of pyridine rings is 3. The molecule has 0 fully saturated rings. The van der Waals surface area contributed by atoms with Gasteiger partial charge in [0.05, 0.1) is 0 Å². The van der Waals surface area contributed by atoms with Crippen molar-refractivity contribution in [1.82, 2.24) is 15.0 Å². The molecule has 0 aliphatic heterocycles. The van der Waals surface area contributed by atoms with Crippen LogP contribution >= 0.6 is 0 Å². The number of hydrogen-bond acceptors (Lipinski definition) is 4. The zero-order valence-electron chi connectivity index (χ0n) is 37.9. The molecule has 68 heavy (non-hydrogen) atoms. The molecule has 0 amide bonds. The van der Waals surface area contributed by atoms with E-state index >= 15 is 0 Å². The van der Waals surface area contributed by atoms with E-state index in [1.54, 1.807) is 0 Å². The molecule has 7 aromatic carbocycles. The van der Waals surface area contributed by atoms with Crippen LogP contribution in [0.5, 0.6) is 0 Å². The van der Waals surface area contributed by atoms with E-state index in [4.69, 9.17) is 9.40 Å². The number of furan rings is 1. The van der Waals surface area contributed by atoms with E-state index in [1.165, 1.54) is 33.4 Å². The molecule has 0 unspecified atom stereocenters. The Kier molecular flexibility index (Phi) is 12.8. The van der Waals surface area contributed by atoms with Crippen molar-refractivity contribution in [2.24, 2.45) is 0 Å². The van der Waals surface area contributed by atoms with Crippen molar-refractivity contribution in [2.75, 3.05) is 0 Å². The summed E-state index contributed by atoms with van der Waals surface area (Å²) in [5.41, 5.74) is 21.5. The number of benzene rings is 7. The summed E-state index contributed by atoms with van der Waals surface area (Å²) in [7, 11) is 0. The van der Waals surface area contributed by atoms with E-state index in [0.29, 0.717) is 0 Å². The molecule has 4 nitrogen and oxygen atoms in total. The quantitative estimate of drug-likeness (QED) is 0.114. The van der Waals surface area contributed by atoms with Crippen molar-refractivity contribution in [3.63, 3.8) is 0 Å². The van der Waals surface area contributed by atoms with Gasteiger partial charge in [-0.1, -0.05) is 144 Å². The van der Waals surface area contributed by atoms with Gasteiger partial charge in [0.1, 0.15) is 11.2 Å². The van der Waals surface area contributed by atoms with Crippen molar-refractivity contribution >= 4 is 21.9 Å². The van der Waals surface area contributed by atoms with Gasteiger partial charge in [0, 0.05) is 34.9 Å². The molecule has 0 aliphatic carbocycles. The first-order chi connectivity index (χ1) is 33.0. The number of fused-ring (bicyclic) bond motifs is 3. The molecule has 328 valence electrons. The summed E-state index contributed by atoms with van der Waals surface area (Å²) in [5.74, 6) is 0. The Labute approximate surface area is 411 Å². The Morgan fingerprint density at radius 1 is 0.412 bits per heavy atom. The van der Waals surface area contributed by atoms with Crippen molar-refractivity contribution in [2.45, 2.75) is 39.5 Å². The molecule has 0 aliphatic rings. The van der Waals surface area contributed by atoms with Gasteiger partial charge >= 0.3 is 20.1 Å². The fourth-order valence-electron chi connectivity index (χ4n) is 9.16. The van der Waals surface area contributed by atoms with Crippen LogP contribution in [0.2, 0.25) is 0 Å². The van der Waals surface area contributed by atoms with Gasteiger partial charge in [-0.2, -0.15) is 0 Å². The third kappa shape index (κ3) is 9.24. The summed E-state index contributed by atoms with van der Waals surface area (Å²) in [6, 6.07) is 72.9. The average Bonchev–Trinajstić information content (AvgIpc) is 3.78. The minimum absolute atomic E-state index is 0. The van der Waals surface area contributed by atoms with Crippen LogP contribution in [0.1, 0.15) is 33.4 Å². The monoisotopic (exact) mass is 1050 g/mol. The van der Waals surface area contributed by atoms with E-state index in [-0.39, 0.29) is 20.1 Å². The van der Waals surface area contributed by atoms with Gasteiger partial charge < -0.3 is 19.4 Å². The van der Waals surface area contributed by atoms with Gasteiger partial charge in [0.15, 0.2) is 0 Å². The fraction of sp³-hybridized carbons (Fsp3) is 0.0952. The minimum atomic E-state index is 0. The summed E-state index contributed by atoms with van der Waals surface area (Å²) in [6.45, 7) is 4.24. The Balaban J connectivity index is 0.00000539. The predicted octanol–water partition coefficient (Wildman–Crippen LogP) is 15.4. The van der Waals surface area contributed by atoms with Crippen LogP contribution in [-0.2, 0) is 45.8 Å². The van der Waals surface area contributed by atoms with Crippen LogP contribution in [0.4, 0.5) is 0 Å². The Hall–Kier alpha value is -7.56. The Morgan fingerprint density at radius 2 is 1.00 bits per heavy atom. The molecule has 0 saturated carbocycles. The van der Waals surface area contributed by atoms with Crippen LogP contribution in [0.3, 0.4) is 0 Å². The third-order valence-electron chi connectivity index (χ3n) is 12.9. The molecular weight excluding hydrogens is 1010 g/mol. The van der Waals surface area contributed by atoms with Crippen LogP contribution in [0.15, 0.2) is 199 Å². The molecule has 0 bridgehead atoms. The maximum absolute atomic E-state index is 6.70. The normalized spacial score (nSPS) is 11.2. The smallest absolute Gasteiger partial charge is 0.455 e. The fourth-order valence-corrected chi connectivity index (χ4v) is 9.16. The molecule has 11 aromatic rings. The first kappa shape index (κ1) is 44.3. The number of hydrogen-bond donors (Lipinski definition) is 0. The molecule has 4 aromatic heterocycles. The number of aromatic nitrogens is 3. The Bertz CT molecular complexity index is 3420. The molecule has 5 heteroatoms. The van der Waals surface area contributed by atoms with Gasteiger partial charge in [-0.3, -0.25) is 0 Å². The first-order valence-electron chi connectivity index (χ1n) is 23.0. The minimum Gasteiger partial charge on any atom is -0.455 e. The van der Waals surface area contributed by atoms with Crippen molar-refractivity contribution in [3.8, 4) is 67.2 Å². The molecule has 0 radical (unpaired) electrons. The largest absolute Gasteiger partial charge is 3.00 e. The van der Waals surface area contributed by atoms with Gasteiger partial charge in [0.2, 0.25) is 0 Å². The molecule has 0 atom stereocenters. The molecule has 4 heterocycles. The number of nitrogens with zero attached hydrogens (tertiary/aromatic N) is 3. The van der Waals surface area contributed by atoms with E-state index in [0.717, 1.165) is 115 Å². The molecule has 11 rings (SSSR count). The third-order valence-corrected chi connectivity index (χ3v) is 12.9. The van der Waals surface area contributed by atoms with E-state index in [1.807, 2.05) is 67.1 Å². The van der Waals surface area contributed by atoms with Gasteiger partial charge in [-0.05, 0) is 89.8 Å². The predicted molar refractivity (Wildman–Crippen MR) is 273 cm³/mol. The van der Waals surface area contributed by atoms with Crippen molar-refractivity contribution in [3.05, 3.63) is 246 Å². The summed E-state index contributed by atoms with van der Waals surface area (Å²) in [4.78, 5) is 13.9. The van der Waals surface area contributed by atoms with E-state index in [9.17, 15) is 0 Å². The zero-order valence-corrected chi connectivity index (χ0v) is 40.3. The summed E-state index contributed by atoms with van der Waals surface area (Å²) in [6.07, 6.45) is 9.16. The standard InChI is InChI=1S/C63H46N3O.Ir/c1-42-36-61(66-41-43(42)2)50-32-33-54(58(40-50)57-16-11-15-56-55-14-5-6-19-62(55)67-63(56)57)53-13-4-3-12-52(53)51-38-46(22-20-44-24-28-48(29-25-44)59-17-7-9-34-64-59)37-47(39-51)23-21-45-26-30-49(31-27-45)60-18-8-10-35-65-60;/h3-19,24-28,30,33-41H,20-23H2,1-2H3;/q-3;+3. The Morgan fingerprint density at radius 3 is 1.63 bits per heavy atom. The van der Waals surface area contributed by atoms with E-state index in [2.05, 4.69) is 169 Å². The molecule has 0 N–H and O–H groups in total. The van der Waals surface area contributed by atoms with Gasteiger partial charge in [0.25, 0.3) is 0 Å². The van der Waals surface area contributed by atoms with Crippen molar-refractivity contribution < 1.29 is 24.5 Å². The number of rotatable bonds is 12. The second-order valence-corrected chi connectivity index (χ2v) is 17.3. The maximum Gasteiger partial charge on any atom is 3.00 e. The van der Waals surface area contributed by atoms with Crippen LogP contribution < -0.4 is 0 Å². The van der Waals surface area contributed by atoms with Crippen LogP contribution in [0, 0.1) is 32.0 Å². The second kappa shape index (κ2) is 19.7. The number of aryl methyl sites for hydroxylation is 6. The maximum atomic E-state index is 6.70. The topological polar surface area (TPSA) is 51.8 Å². The first-order valence-corrected chi connectivity index (χ1v) is 23.0. The van der Waals surface area contributed by atoms with Gasteiger partial charge in [-0.25, -0.2) is 0 Å². The number of para-hydroxylation sites is 2. The SMILES string of the molecule is Cc1cnc(-c2[c-]cc(-c3ccccc3-c3cc(CCc4c[c-]c(-c5ccccn5)cc4)cc(CCc4c[c-]c(-c5ccccn5)cc4)c3)c(-c3cccc4c3oc3ccccc34)c2)cc1C.[Ir+3]. The summed E-state index contributed by atoms with van der Waals surface area (Å²) < 4.78 is 6.70. The van der Waals surface area contributed by atoms with Crippen LogP contribution in [0.25, 0.3) is 89.1 Å². The summed E-state index contributed by atoms with van der Waals surface area (Å²) in [5, 5.41) is 2.20. The molecular formula is C63H46IrN3O. The second-order valence-electron chi connectivity index (χ2n) is 17.3. The summed E-state index contributed by atoms with van der Waals surface area (Å²) >= 11 is 0. The zero-order chi connectivity index (χ0) is 45.1. The van der Waals surface area contributed by atoms with E-state index < -0.39 is 0 Å². The molecule has 0 saturated heterocycles.